The van der Waals surface area contributed by atoms with Crippen molar-refractivity contribution < 1.29 is 9.53 Å². The first kappa shape index (κ1) is 14.6. The molecular formula is C17H21N3O2. The Kier molecular flexibility index (Phi) is 4.13. The molecule has 0 bridgehead atoms. The predicted octanol–water partition coefficient (Wildman–Crippen LogP) is 2.89. The molecule has 3 rings (SSSR count). The van der Waals surface area contributed by atoms with E-state index in [1.807, 2.05) is 42.3 Å². The highest BCUT2D eigenvalue weighted by atomic mass is 16.5. The van der Waals surface area contributed by atoms with E-state index in [2.05, 4.69) is 5.10 Å². The fraction of sp³-hybridized carbons (Fsp3) is 0.412. The largest absolute Gasteiger partial charge is 0.497 e. The fourth-order valence-corrected chi connectivity index (χ4v) is 2.98. The molecule has 1 saturated heterocycles. The zero-order valence-electron chi connectivity index (χ0n) is 13.0. The Morgan fingerprint density at radius 3 is 2.73 bits per heavy atom. The Labute approximate surface area is 130 Å². The number of carbonyl (C=O) groups excluding carboxylic acids is 1. The topological polar surface area (TPSA) is 47.4 Å². The van der Waals surface area contributed by atoms with E-state index in [9.17, 15) is 4.79 Å². The van der Waals surface area contributed by atoms with Crippen molar-refractivity contribution in [3.05, 3.63) is 47.8 Å². The molecule has 0 N–H and O–H groups in total. The van der Waals surface area contributed by atoms with E-state index in [0.29, 0.717) is 5.69 Å². The van der Waals surface area contributed by atoms with Crippen molar-refractivity contribution in [1.29, 1.82) is 0 Å². The molecule has 2 heterocycles. The lowest BCUT2D eigenvalue weighted by atomic mass is 10.0. The highest BCUT2D eigenvalue weighted by Gasteiger charge is 2.31. The van der Waals surface area contributed by atoms with Gasteiger partial charge in [-0.1, -0.05) is 12.1 Å². The van der Waals surface area contributed by atoms with E-state index in [4.69, 9.17) is 4.74 Å². The summed E-state index contributed by atoms with van der Waals surface area (Å²) >= 11 is 0. The van der Waals surface area contributed by atoms with Crippen LogP contribution in [0.5, 0.6) is 5.75 Å². The summed E-state index contributed by atoms with van der Waals surface area (Å²) in [4.78, 5) is 14.6. The van der Waals surface area contributed by atoms with Gasteiger partial charge in [-0.25, -0.2) is 0 Å². The maximum absolute atomic E-state index is 12.7. The minimum Gasteiger partial charge on any atom is -0.497 e. The Morgan fingerprint density at radius 1 is 1.32 bits per heavy atom. The van der Waals surface area contributed by atoms with Crippen molar-refractivity contribution in [2.24, 2.45) is 0 Å². The molecule has 5 nitrogen and oxygen atoms in total. The monoisotopic (exact) mass is 299 g/mol. The average Bonchev–Trinajstić information content (AvgIpc) is 3.23. The van der Waals surface area contributed by atoms with Crippen molar-refractivity contribution in [2.75, 3.05) is 13.7 Å². The van der Waals surface area contributed by atoms with Crippen molar-refractivity contribution in [3.63, 3.8) is 0 Å². The number of ether oxygens (including phenoxy) is 1. The third kappa shape index (κ3) is 2.71. The molecule has 0 unspecified atom stereocenters. The number of rotatable bonds is 4. The van der Waals surface area contributed by atoms with Crippen LogP contribution in [0.3, 0.4) is 0 Å². The summed E-state index contributed by atoms with van der Waals surface area (Å²) in [5.74, 6) is 0.854. The molecule has 0 aliphatic carbocycles. The zero-order valence-corrected chi connectivity index (χ0v) is 13.0. The number of benzene rings is 1. The molecule has 116 valence electrons. The van der Waals surface area contributed by atoms with E-state index in [0.717, 1.165) is 37.2 Å². The molecule has 22 heavy (non-hydrogen) atoms. The molecule has 1 aromatic carbocycles. The molecule has 1 amide bonds. The van der Waals surface area contributed by atoms with Gasteiger partial charge in [-0.15, -0.1) is 0 Å². The Bertz CT molecular complexity index is 648. The van der Waals surface area contributed by atoms with Crippen LogP contribution in [0.15, 0.2) is 36.5 Å². The maximum Gasteiger partial charge on any atom is 0.274 e. The molecule has 1 fully saturated rings. The number of nitrogens with zero attached hydrogens (tertiary/aromatic N) is 3. The Hall–Kier alpha value is -2.30. The van der Waals surface area contributed by atoms with Crippen LogP contribution >= 0.6 is 0 Å². The second kappa shape index (κ2) is 6.22. The number of methoxy groups -OCH3 is 1. The van der Waals surface area contributed by atoms with Crippen molar-refractivity contribution in [2.45, 2.75) is 32.4 Å². The minimum atomic E-state index is 0.0190. The van der Waals surface area contributed by atoms with Gasteiger partial charge in [-0.2, -0.15) is 5.10 Å². The Morgan fingerprint density at radius 2 is 2.09 bits per heavy atom. The molecular weight excluding hydrogens is 278 g/mol. The Balaban J connectivity index is 1.81. The maximum atomic E-state index is 12.7. The summed E-state index contributed by atoms with van der Waals surface area (Å²) in [6, 6.07) is 9.91. The van der Waals surface area contributed by atoms with E-state index >= 15 is 0 Å². The molecule has 1 aliphatic heterocycles. The van der Waals surface area contributed by atoms with Crippen LogP contribution in [-0.4, -0.2) is 34.2 Å². The van der Waals surface area contributed by atoms with Crippen LogP contribution in [0.2, 0.25) is 0 Å². The second-order valence-electron chi connectivity index (χ2n) is 5.49. The van der Waals surface area contributed by atoms with Gasteiger partial charge in [0.15, 0.2) is 0 Å². The number of aryl methyl sites for hydroxylation is 1. The molecule has 1 aliphatic rings. The van der Waals surface area contributed by atoms with Crippen LogP contribution in [0.4, 0.5) is 0 Å². The highest BCUT2D eigenvalue weighted by Crippen LogP contribution is 2.33. The minimum absolute atomic E-state index is 0.0190. The first-order valence-corrected chi connectivity index (χ1v) is 7.71. The van der Waals surface area contributed by atoms with E-state index in [1.54, 1.807) is 17.9 Å². The molecule has 0 spiro atoms. The third-order valence-corrected chi connectivity index (χ3v) is 4.20. The number of carbonyl (C=O) groups is 1. The lowest BCUT2D eigenvalue weighted by Crippen LogP contribution is -2.31. The number of hydrogen-bond acceptors (Lipinski definition) is 3. The van der Waals surface area contributed by atoms with Gasteiger partial charge < -0.3 is 9.64 Å². The summed E-state index contributed by atoms with van der Waals surface area (Å²) < 4.78 is 6.98. The molecule has 2 aromatic rings. The summed E-state index contributed by atoms with van der Waals surface area (Å²) in [7, 11) is 1.66. The number of aromatic nitrogens is 2. The van der Waals surface area contributed by atoms with Gasteiger partial charge in [-0.05, 0) is 43.5 Å². The van der Waals surface area contributed by atoms with Gasteiger partial charge in [0.2, 0.25) is 0 Å². The van der Waals surface area contributed by atoms with E-state index in [1.165, 1.54) is 0 Å². The van der Waals surface area contributed by atoms with Gasteiger partial charge in [0, 0.05) is 19.3 Å². The van der Waals surface area contributed by atoms with Gasteiger partial charge in [0.25, 0.3) is 5.91 Å². The number of likely N-dealkylation sites (tertiary alicyclic amines) is 1. The van der Waals surface area contributed by atoms with Crippen LogP contribution in [0.25, 0.3) is 0 Å². The average molecular weight is 299 g/mol. The smallest absolute Gasteiger partial charge is 0.274 e. The lowest BCUT2D eigenvalue weighted by Gasteiger charge is -2.24. The van der Waals surface area contributed by atoms with Gasteiger partial charge in [-0.3, -0.25) is 9.48 Å². The highest BCUT2D eigenvalue weighted by molar-refractivity contribution is 5.92. The van der Waals surface area contributed by atoms with E-state index < -0.39 is 0 Å². The fourth-order valence-electron chi connectivity index (χ4n) is 2.98. The molecule has 0 radical (unpaired) electrons. The molecule has 1 atom stereocenters. The van der Waals surface area contributed by atoms with Crippen LogP contribution in [0, 0.1) is 0 Å². The number of amides is 1. The third-order valence-electron chi connectivity index (χ3n) is 4.20. The summed E-state index contributed by atoms with van der Waals surface area (Å²) in [5.41, 5.74) is 1.68. The van der Waals surface area contributed by atoms with Crippen LogP contribution < -0.4 is 4.74 Å². The summed E-state index contributed by atoms with van der Waals surface area (Å²) in [5, 5.41) is 4.33. The first-order chi connectivity index (χ1) is 10.7. The van der Waals surface area contributed by atoms with Crippen LogP contribution in [0.1, 0.15) is 41.9 Å². The van der Waals surface area contributed by atoms with Crippen molar-refractivity contribution in [3.8, 4) is 5.75 Å². The first-order valence-electron chi connectivity index (χ1n) is 7.71. The standard InChI is InChI=1S/C17H21N3O2/c1-3-19-12-10-15(18-19)17(21)20-11-4-5-16(20)13-6-8-14(22-2)9-7-13/h6-10,12,16H,3-5,11H2,1-2H3/t16-/m1/s1. The number of hydrogen-bond donors (Lipinski definition) is 0. The molecule has 1 aromatic heterocycles. The molecule has 0 saturated carbocycles. The zero-order chi connectivity index (χ0) is 15.5. The van der Waals surface area contributed by atoms with Crippen molar-refractivity contribution >= 4 is 5.91 Å². The summed E-state index contributed by atoms with van der Waals surface area (Å²) in [6.07, 6.45) is 3.87. The normalized spacial score (nSPS) is 17.7. The quantitative estimate of drug-likeness (QED) is 0.872. The van der Waals surface area contributed by atoms with Gasteiger partial charge >= 0.3 is 0 Å². The predicted molar refractivity (Wildman–Crippen MR) is 83.9 cm³/mol. The molecule has 5 heteroatoms. The van der Waals surface area contributed by atoms with Gasteiger partial charge in [0.1, 0.15) is 11.4 Å². The van der Waals surface area contributed by atoms with Gasteiger partial charge in [0.05, 0.1) is 13.2 Å². The lowest BCUT2D eigenvalue weighted by molar-refractivity contribution is 0.0728. The van der Waals surface area contributed by atoms with Crippen LogP contribution in [-0.2, 0) is 6.54 Å². The summed E-state index contributed by atoms with van der Waals surface area (Å²) in [6.45, 7) is 3.57. The second-order valence-corrected chi connectivity index (χ2v) is 5.49. The van der Waals surface area contributed by atoms with E-state index in [-0.39, 0.29) is 11.9 Å². The SMILES string of the molecule is CCn1ccc(C(=O)N2CCC[C@@H]2c2ccc(OC)cc2)n1. The van der Waals surface area contributed by atoms with Crippen molar-refractivity contribution in [1.82, 2.24) is 14.7 Å².